The summed E-state index contributed by atoms with van der Waals surface area (Å²) in [6.07, 6.45) is 2.46. The van der Waals surface area contributed by atoms with Crippen LogP contribution in [0.15, 0.2) is 58.2 Å². The van der Waals surface area contributed by atoms with Crippen molar-refractivity contribution in [1.29, 1.82) is 0 Å². The van der Waals surface area contributed by atoms with Gasteiger partial charge in [-0.15, -0.1) is 11.8 Å². The maximum Gasteiger partial charge on any atom is 0.251 e. The Hall–Kier alpha value is -2.57. The first-order chi connectivity index (χ1) is 13.7. The quantitative estimate of drug-likeness (QED) is 0.565. The Morgan fingerprint density at radius 2 is 1.86 bits per heavy atom. The zero-order valence-corrected chi connectivity index (χ0v) is 18.0. The molecule has 0 aliphatic rings. The number of halogens is 1. The third kappa shape index (κ3) is 4.89. The van der Waals surface area contributed by atoms with Crippen molar-refractivity contribution in [2.24, 2.45) is 11.1 Å². The normalized spacial score (nSPS) is 11.4. The fourth-order valence-electron chi connectivity index (χ4n) is 2.96. The van der Waals surface area contributed by atoms with Crippen LogP contribution in [0.3, 0.4) is 0 Å². The molecule has 1 heterocycles. The van der Waals surface area contributed by atoms with Gasteiger partial charge in [-0.05, 0) is 42.5 Å². The van der Waals surface area contributed by atoms with E-state index in [1.807, 2.05) is 42.7 Å². The molecule has 0 unspecified atom stereocenters. The molecule has 0 aliphatic carbocycles. The average molecular weight is 428 g/mol. The number of nitrogens with two attached hydrogens (primary N) is 1. The van der Waals surface area contributed by atoms with Gasteiger partial charge in [0.25, 0.3) is 5.56 Å². The second-order valence-electron chi connectivity index (χ2n) is 7.45. The number of carbonyl (C=O) groups excluding carboxylic acids is 1. The summed E-state index contributed by atoms with van der Waals surface area (Å²) < 4.78 is 0. The number of thioether (sulfide) groups is 1. The molecule has 3 N–H and O–H groups in total. The van der Waals surface area contributed by atoms with Crippen LogP contribution >= 0.6 is 23.4 Å². The molecule has 150 valence electrons. The van der Waals surface area contributed by atoms with Gasteiger partial charge in [-0.2, -0.15) is 0 Å². The monoisotopic (exact) mass is 427 g/mol. The highest BCUT2D eigenvalue weighted by Gasteiger charge is 2.25. The predicted octanol–water partition coefficient (Wildman–Crippen LogP) is 4.53. The molecule has 0 aliphatic heterocycles. The summed E-state index contributed by atoms with van der Waals surface area (Å²) in [7, 11) is 0. The number of H-pyrrole nitrogens is 1. The zero-order valence-electron chi connectivity index (χ0n) is 16.5. The van der Waals surface area contributed by atoms with Gasteiger partial charge in [-0.1, -0.05) is 43.6 Å². The highest BCUT2D eigenvalue weighted by atomic mass is 35.5. The minimum atomic E-state index is -0.702. The van der Waals surface area contributed by atoms with Crippen LogP contribution in [0.2, 0.25) is 5.02 Å². The minimum Gasteiger partial charge on any atom is -0.369 e. The van der Waals surface area contributed by atoms with E-state index in [1.54, 1.807) is 31.7 Å². The molecule has 0 radical (unpaired) electrons. The van der Waals surface area contributed by atoms with Crippen molar-refractivity contribution in [2.45, 2.75) is 25.2 Å². The van der Waals surface area contributed by atoms with Crippen LogP contribution in [0.25, 0.3) is 22.6 Å². The van der Waals surface area contributed by atoms with Crippen LogP contribution in [-0.2, 0) is 11.2 Å². The number of carbonyl (C=O) groups is 1. The summed E-state index contributed by atoms with van der Waals surface area (Å²) in [4.78, 5) is 32.5. The summed E-state index contributed by atoms with van der Waals surface area (Å²) in [5.41, 5.74) is 7.42. The number of amides is 1. The number of rotatable bonds is 6. The Bertz CT molecular complexity index is 1110. The summed E-state index contributed by atoms with van der Waals surface area (Å²) in [6, 6.07) is 14.7. The Labute approximate surface area is 178 Å². The van der Waals surface area contributed by atoms with Crippen LogP contribution in [0, 0.1) is 5.41 Å². The number of hydrogen-bond acceptors (Lipinski definition) is 4. The lowest BCUT2D eigenvalue weighted by molar-refractivity contribution is -0.125. The van der Waals surface area contributed by atoms with Crippen molar-refractivity contribution in [3.8, 4) is 22.6 Å². The molecule has 0 bridgehead atoms. The van der Waals surface area contributed by atoms with Crippen molar-refractivity contribution in [3.63, 3.8) is 0 Å². The minimum absolute atomic E-state index is 0.266. The standard InChI is InChI=1S/C22H22ClN3O2S/c1-22(2,21(24)28)12-13-4-9-17(23)16(10-13)20-25-18(11-19(27)26-20)14-5-7-15(29-3)8-6-14/h4-11H,12H2,1-3H3,(H2,24,28)(H,25,26,27). The van der Waals surface area contributed by atoms with Gasteiger partial charge in [0.05, 0.1) is 10.7 Å². The van der Waals surface area contributed by atoms with E-state index in [4.69, 9.17) is 17.3 Å². The van der Waals surface area contributed by atoms with E-state index in [-0.39, 0.29) is 11.5 Å². The topological polar surface area (TPSA) is 88.8 Å². The molecule has 0 fully saturated rings. The van der Waals surface area contributed by atoms with E-state index < -0.39 is 5.41 Å². The van der Waals surface area contributed by atoms with Crippen molar-refractivity contribution in [3.05, 3.63) is 69.5 Å². The second kappa shape index (κ2) is 8.43. The van der Waals surface area contributed by atoms with Gasteiger partial charge >= 0.3 is 0 Å². The average Bonchev–Trinajstić information content (AvgIpc) is 2.68. The molecule has 3 aromatic rings. The Morgan fingerprint density at radius 3 is 2.48 bits per heavy atom. The maximum atomic E-state index is 12.3. The van der Waals surface area contributed by atoms with Gasteiger partial charge in [0.1, 0.15) is 5.82 Å². The largest absolute Gasteiger partial charge is 0.369 e. The van der Waals surface area contributed by atoms with Gasteiger partial charge in [-0.25, -0.2) is 4.98 Å². The van der Waals surface area contributed by atoms with Gasteiger partial charge < -0.3 is 10.7 Å². The Morgan fingerprint density at radius 1 is 1.17 bits per heavy atom. The molecule has 0 saturated heterocycles. The number of primary amides is 1. The van der Waals surface area contributed by atoms with Crippen molar-refractivity contribution in [2.75, 3.05) is 6.26 Å². The molecule has 3 rings (SSSR count). The number of nitrogens with zero attached hydrogens (tertiary/aromatic N) is 1. The molecule has 0 saturated carbocycles. The summed E-state index contributed by atoms with van der Waals surface area (Å²) in [5, 5.41) is 0.462. The fraction of sp³-hybridized carbons (Fsp3) is 0.227. The van der Waals surface area contributed by atoms with E-state index in [0.717, 1.165) is 16.0 Å². The van der Waals surface area contributed by atoms with Gasteiger partial charge in [0.15, 0.2) is 0 Å². The molecule has 1 amide bonds. The predicted molar refractivity (Wildman–Crippen MR) is 119 cm³/mol. The molecule has 7 heteroatoms. The first kappa shape index (κ1) is 21.1. The lowest BCUT2D eigenvalue weighted by Crippen LogP contribution is -2.33. The molecule has 2 aromatic carbocycles. The van der Waals surface area contributed by atoms with Crippen molar-refractivity contribution in [1.82, 2.24) is 9.97 Å². The van der Waals surface area contributed by atoms with Crippen LogP contribution in [0.4, 0.5) is 0 Å². The molecule has 0 spiro atoms. The Kier molecular flexibility index (Phi) is 6.15. The first-order valence-corrected chi connectivity index (χ1v) is 10.6. The van der Waals surface area contributed by atoms with Crippen LogP contribution in [0.5, 0.6) is 0 Å². The van der Waals surface area contributed by atoms with Gasteiger partial charge in [-0.3, -0.25) is 9.59 Å². The Balaban J connectivity index is 2.04. The summed E-state index contributed by atoms with van der Waals surface area (Å²) in [6.45, 7) is 3.59. The molecular formula is C22H22ClN3O2S. The summed E-state index contributed by atoms with van der Waals surface area (Å²) in [5.74, 6) is 0.00129. The van der Waals surface area contributed by atoms with Gasteiger partial charge in [0.2, 0.25) is 5.91 Å². The lowest BCUT2D eigenvalue weighted by atomic mass is 9.85. The highest BCUT2D eigenvalue weighted by molar-refractivity contribution is 7.98. The van der Waals surface area contributed by atoms with Crippen LogP contribution < -0.4 is 11.3 Å². The SMILES string of the molecule is CSc1ccc(-c2cc(=O)[nH]c(-c3cc(CC(C)(C)C(N)=O)ccc3Cl)n2)cc1. The first-order valence-electron chi connectivity index (χ1n) is 9.04. The third-order valence-electron chi connectivity index (χ3n) is 4.73. The van der Waals surface area contributed by atoms with E-state index in [9.17, 15) is 9.59 Å². The van der Waals surface area contributed by atoms with E-state index in [1.165, 1.54) is 6.07 Å². The number of benzene rings is 2. The maximum absolute atomic E-state index is 12.3. The molecule has 0 atom stereocenters. The lowest BCUT2D eigenvalue weighted by Gasteiger charge is -2.20. The number of hydrogen-bond donors (Lipinski definition) is 2. The van der Waals surface area contributed by atoms with Crippen LogP contribution in [0.1, 0.15) is 19.4 Å². The molecular weight excluding hydrogens is 406 g/mol. The van der Waals surface area contributed by atoms with E-state index >= 15 is 0 Å². The molecule has 29 heavy (non-hydrogen) atoms. The smallest absolute Gasteiger partial charge is 0.251 e. The van der Waals surface area contributed by atoms with Crippen molar-refractivity contribution >= 4 is 29.3 Å². The second-order valence-corrected chi connectivity index (χ2v) is 8.73. The number of aromatic nitrogens is 2. The van der Waals surface area contributed by atoms with E-state index in [2.05, 4.69) is 9.97 Å². The van der Waals surface area contributed by atoms with E-state index in [0.29, 0.717) is 28.5 Å². The fourth-order valence-corrected chi connectivity index (χ4v) is 3.57. The number of aromatic amines is 1. The molecule has 5 nitrogen and oxygen atoms in total. The molecule has 1 aromatic heterocycles. The highest BCUT2D eigenvalue weighted by Crippen LogP contribution is 2.30. The van der Waals surface area contributed by atoms with Crippen LogP contribution in [-0.4, -0.2) is 22.1 Å². The van der Waals surface area contributed by atoms with Crippen molar-refractivity contribution < 1.29 is 4.79 Å². The number of nitrogens with one attached hydrogen (secondary N) is 1. The third-order valence-corrected chi connectivity index (χ3v) is 5.80. The summed E-state index contributed by atoms with van der Waals surface area (Å²) >= 11 is 8.05. The van der Waals surface area contributed by atoms with Gasteiger partial charge in [0, 0.05) is 27.5 Å². The zero-order chi connectivity index (χ0) is 21.2.